The molecule has 1 aromatic heterocycles. The van der Waals surface area contributed by atoms with Crippen LogP contribution in [0.3, 0.4) is 0 Å². The van der Waals surface area contributed by atoms with E-state index in [4.69, 9.17) is 4.74 Å². The largest absolute Gasteiger partial charge is 0.466 e. The summed E-state index contributed by atoms with van der Waals surface area (Å²) in [7, 11) is 1.40. The number of hydrogen-bond donors (Lipinski definition) is 2. The first-order chi connectivity index (χ1) is 14.1. The van der Waals surface area contributed by atoms with Gasteiger partial charge >= 0.3 is 12.1 Å². The van der Waals surface area contributed by atoms with Crippen molar-refractivity contribution in [3.8, 4) is 0 Å². The Bertz CT molecular complexity index is 744. The number of nitrogens with one attached hydrogen (secondary N) is 1. The monoisotopic (exact) mass is 561 g/mol. The van der Waals surface area contributed by atoms with Crippen molar-refractivity contribution in [1.82, 2.24) is 19.8 Å². The Morgan fingerprint density at radius 2 is 2.13 bits per heavy atom. The minimum Gasteiger partial charge on any atom is -0.466 e. The normalized spacial score (nSPS) is 19.4. The number of aliphatic hydroxyl groups is 1. The summed E-state index contributed by atoms with van der Waals surface area (Å²) in [6.07, 6.45) is -1.58. The van der Waals surface area contributed by atoms with Crippen molar-refractivity contribution >= 4 is 35.9 Å². The lowest BCUT2D eigenvalue weighted by Gasteiger charge is -2.34. The lowest BCUT2D eigenvalue weighted by Crippen LogP contribution is -2.49. The van der Waals surface area contributed by atoms with Crippen LogP contribution in [-0.2, 0) is 22.2 Å². The van der Waals surface area contributed by atoms with E-state index in [0.717, 1.165) is 11.0 Å². The van der Waals surface area contributed by atoms with E-state index >= 15 is 0 Å². The number of esters is 1. The molecule has 31 heavy (non-hydrogen) atoms. The zero-order chi connectivity index (χ0) is 22.4. The first kappa shape index (κ1) is 27.5. The minimum absolute atomic E-state index is 0. The van der Waals surface area contributed by atoms with E-state index in [1.807, 2.05) is 11.8 Å². The number of alkyl halides is 3. The van der Waals surface area contributed by atoms with Crippen LogP contribution >= 0.6 is 24.0 Å². The molecule has 0 radical (unpaired) electrons. The third-order valence-electron chi connectivity index (χ3n) is 5.07. The molecule has 0 aliphatic carbocycles. The predicted octanol–water partition coefficient (Wildman–Crippen LogP) is 2.42. The molecular weight excluding hydrogens is 530 g/mol. The molecule has 2 unspecified atom stereocenters. The number of carbonyl (C=O) groups is 1. The maximum Gasteiger partial charge on any atom is 0.424 e. The van der Waals surface area contributed by atoms with Crippen molar-refractivity contribution in [3.05, 3.63) is 18.2 Å². The second kappa shape index (κ2) is 11.9. The SMILES string of the molecule is CCNC(=NCCC(O)(c1nccn1C)C(F)(F)F)N1CCCC(C(=O)OCC)C1.I. The predicted molar refractivity (Wildman–Crippen MR) is 120 cm³/mol. The molecule has 0 aromatic carbocycles. The second-order valence-corrected chi connectivity index (χ2v) is 7.24. The quantitative estimate of drug-likeness (QED) is 0.230. The molecule has 178 valence electrons. The molecule has 2 atom stereocenters. The first-order valence-corrected chi connectivity index (χ1v) is 10.1. The zero-order valence-electron chi connectivity index (χ0n) is 18.0. The number of nitrogens with zero attached hydrogens (tertiary/aromatic N) is 4. The highest BCUT2D eigenvalue weighted by Crippen LogP contribution is 2.40. The number of guanidine groups is 1. The van der Waals surface area contributed by atoms with Crippen molar-refractivity contribution in [2.24, 2.45) is 18.0 Å². The van der Waals surface area contributed by atoms with Gasteiger partial charge in [0, 0.05) is 52.0 Å². The third kappa shape index (κ3) is 6.70. The standard InChI is InChI=1S/C19H30F3N5O3.HI/c1-4-23-17(27-11-6-7-14(13-27)15(28)30-5-2)25-9-8-18(29,19(20,21)22)16-24-10-12-26(16)3;/h10,12,14,29H,4-9,11,13H2,1-3H3,(H,23,25);1H. The number of imidazole rings is 1. The summed E-state index contributed by atoms with van der Waals surface area (Å²) in [5.41, 5.74) is -3.11. The van der Waals surface area contributed by atoms with Crippen LogP contribution in [0.4, 0.5) is 13.2 Å². The lowest BCUT2D eigenvalue weighted by molar-refractivity contribution is -0.272. The van der Waals surface area contributed by atoms with Gasteiger partial charge in [0.15, 0.2) is 5.96 Å². The van der Waals surface area contributed by atoms with E-state index < -0.39 is 24.0 Å². The average Bonchev–Trinajstić information content (AvgIpc) is 3.13. The third-order valence-corrected chi connectivity index (χ3v) is 5.07. The van der Waals surface area contributed by atoms with E-state index in [1.54, 1.807) is 6.92 Å². The fraction of sp³-hybridized carbons (Fsp3) is 0.737. The molecule has 1 aromatic rings. The summed E-state index contributed by atoms with van der Waals surface area (Å²) in [6, 6.07) is 0. The van der Waals surface area contributed by atoms with Gasteiger partial charge in [-0.2, -0.15) is 13.2 Å². The maximum absolute atomic E-state index is 13.7. The van der Waals surface area contributed by atoms with Crippen molar-refractivity contribution in [2.45, 2.75) is 44.9 Å². The van der Waals surface area contributed by atoms with Crippen molar-refractivity contribution in [2.75, 3.05) is 32.8 Å². The molecule has 0 amide bonds. The summed E-state index contributed by atoms with van der Waals surface area (Å²) >= 11 is 0. The van der Waals surface area contributed by atoms with Gasteiger partial charge in [0.2, 0.25) is 5.60 Å². The van der Waals surface area contributed by atoms with Crippen LogP contribution < -0.4 is 5.32 Å². The maximum atomic E-state index is 13.7. The van der Waals surface area contributed by atoms with Gasteiger partial charge in [-0.25, -0.2) is 4.98 Å². The van der Waals surface area contributed by atoms with E-state index in [0.29, 0.717) is 38.6 Å². The molecule has 8 nitrogen and oxygen atoms in total. The molecular formula is C19H31F3IN5O3. The average molecular weight is 561 g/mol. The van der Waals surface area contributed by atoms with Gasteiger partial charge < -0.3 is 24.6 Å². The lowest BCUT2D eigenvalue weighted by atomic mass is 9.97. The fourth-order valence-electron chi connectivity index (χ4n) is 3.52. The van der Waals surface area contributed by atoms with Crippen LogP contribution in [0, 0.1) is 5.92 Å². The Labute approximate surface area is 197 Å². The van der Waals surface area contributed by atoms with Crippen LogP contribution in [0.2, 0.25) is 0 Å². The van der Waals surface area contributed by atoms with Gasteiger partial charge in [-0.1, -0.05) is 0 Å². The van der Waals surface area contributed by atoms with Gasteiger partial charge in [-0.05, 0) is 26.7 Å². The molecule has 0 bridgehead atoms. The van der Waals surface area contributed by atoms with Gasteiger partial charge in [0.1, 0.15) is 5.82 Å². The minimum atomic E-state index is -4.90. The van der Waals surface area contributed by atoms with E-state index in [9.17, 15) is 23.1 Å². The molecule has 1 aliphatic heterocycles. The van der Waals surface area contributed by atoms with Crippen molar-refractivity contribution in [3.63, 3.8) is 0 Å². The molecule has 2 heterocycles. The van der Waals surface area contributed by atoms with Crippen LogP contribution in [0.1, 0.15) is 38.9 Å². The summed E-state index contributed by atoms with van der Waals surface area (Å²) in [4.78, 5) is 21.9. The van der Waals surface area contributed by atoms with Crippen molar-refractivity contribution < 1.29 is 27.8 Å². The van der Waals surface area contributed by atoms with Gasteiger partial charge in [-0.15, -0.1) is 24.0 Å². The molecule has 0 saturated carbocycles. The highest BCUT2D eigenvalue weighted by Gasteiger charge is 2.57. The fourth-order valence-corrected chi connectivity index (χ4v) is 3.52. The topological polar surface area (TPSA) is 92.0 Å². The number of rotatable bonds is 7. The number of carbonyl (C=O) groups excluding carboxylic acids is 1. The van der Waals surface area contributed by atoms with E-state index in [1.165, 1.54) is 19.4 Å². The molecule has 0 spiro atoms. The summed E-state index contributed by atoms with van der Waals surface area (Å²) < 4.78 is 47.2. The van der Waals surface area contributed by atoms with Gasteiger partial charge in [0.25, 0.3) is 0 Å². The molecule has 1 saturated heterocycles. The molecule has 1 fully saturated rings. The Balaban J connectivity index is 0.00000480. The summed E-state index contributed by atoms with van der Waals surface area (Å²) in [5, 5.41) is 13.5. The highest BCUT2D eigenvalue weighted by atomic mass is 127. The van der Waals surface area contributed by atoms with Crippen LogP contribution in [0.25, 0.3) is 0 Å². The zero-order valence-corrected chi connectivity index (χ0v) is 20.3. The number of aliphatic imine (C=N–C) groups is 1. The van der Waals surface area contributed by atoms with Crippen LogP contribution in [0.5, 0.6) is 0 Å². The second-order valence-electron chi connectivity index (χ2n) is 7.24. The van der Waals surface area contributed by atoms with E-state index in [2.05, 4.69) is 15.3 Å². The number of likely N-dealkylation sites (tertiary alicyclic amines) is 1. The molecule has 2 rings (SSSR count). The summed E-state index contributed by atoms with van der Waals surface area (Å²) in [6.45, 7) is 5.15. The Kier molecular flexibility index (Phi) is 10.5. The van der Waals surface area contributed by atoms with Crippen LogP contribution in [0.15, 0.2) is 17.4 Å². The number of halogens is 4. The Hall–Kier alpha value is -1.57. The number of ether oxygens (including phenoxy) is 1. The number of hydrogen-bond acceptors (Lipinski definition) is 5. The first-order valence-electron chi connectivity index (χ1n) is 10.1. The smallest absolute Gasteiger partial charge is 0.424 e. The number of aryl methyl sites for hydroxylation is 1. The summed E-state index contributed by atoms with van der Waals surface area (Å²) in [5.74, 6) is -0.645. The van der Waals surface area contributed by atoms with Crippen LogP contribution in [-0.4, -0.2) is 70.4 Å². The van der Waals surface area contributed by atoms with Crippen molar-refractivity contribution in [1.29, 1.82) is 0 Å². The molecule has 1 aliphatic rings. The van der Waals surface area contributed by atoms with Gasteiger partial charge in [-0.3, -0.25) is 9.79 Å². The number of piperidine rings is 1. The van der Waals surface area contributed by atoms with E-state index in [-0.39, 0.29) is 42.4 Å². The highest BCUT2D eigenvalue weighted by molar-refractivity contribution is 14.0. The molecule has 2 N–H and O–H groups in total. The number of aromatic nitrogens is 2. The molecule has 12 heteroatoms. The Morgan fingerprint density at radius 1 is 1.42 bits per heavy atom. The van der Waals surface area contributed by atoms with Gasteiger partial charge in [0.05, 0.1) is 12.5 Å². The Morgan fingerprint density at radius 3 is 2.68 bits per heavy atom.